The molecule has 0 fully saturated rings. The van der Waals surface area contributed by atoms with Crippen LogP contribution in [0, 0.1) is 0 Å². The number of aryl methyl sites for hydroxylation is 1. The Morgan fingerprint density at radius 3 is 2.28 bits per heavy atom. The Bertz CT molecular complexity index is 932. The van der Waals surface area contributed by atoms with E-state index in [1.165, 1.54) is 22.6 Å². The summed E-state index contributed by atoms with van der Waals surface area (Å²) in [6, 6.07) is 18.1. The van der Waals surface area contributed by atoms with Crippen molar-refractivity contribution in [2.75, 3.05) is 0 Å². The van der Waals surface area contributed by atoms with E-state index in [1.807, 2.05) is 37.3 Å². The van der Waals surface area contributed by atoms with Gasteiger partial charge in [0.05, 0.1) is 6.20 Å². The molecule has 0 aliphatic carbocycles. The van der Waals surface area contributed by atoms with Gasteiger partial charge < -0.3 is 0 Å². The summed E-state index contributed by atoms with van der Waals surface area (Å²) in [7, 11) is -1.85. The second kappa shape index (κ2) is 7.21. The lowest BCUT2D eigenvalue weighted by Crippen LogP contribution is -2.33. The van der Waals surface area contributed by atoms with Gasteiger partial charge in [-0.2, -0.15) is 5.10 Å². The summed E-state index contributed by atoms with van der Waals surface area (Å²) in [5, 5.41) is 3.91. The van der Waals surface area contributed by atoms with Crippen LogP contribution in [0.15, 0.2) is 71.9 Å². The van der Waals surface area contributed by atoms with E-state index in [0.717, 1.165) is 11.1 Å². The van der Waals surface area contributed by atoms with E-state index >= 15 is 0 Å². The maximum atomic E-state index is 12.3. The van der Waals surface area contributed by atoms with Gasteiger partial charge in [0.15, 0.2) is 0 Å². The van der Waals surface area contributed by atoms with Gasteiger partial charge in [-0.05, 0) is 30.0 Å². The van der Waals surface area contributed by atoms with Gasteiger partial charge in [-0.25, -0.2) is 13.1 Å². The molecule has 1 heterocycles. The van der Waals surface area contributed by atoms with Crippen LogP contribution in [0.1, 0.15) is 12.5 Å². The van der Waals surface area contributed by atoms with Crippen LogP contribution in [0.5, 0.6) is 0 Å². The summed E-state index contributed by atoms with van der Waals surface area (Å²) < 4.78 is 28.8. The molecule has 0 aliphatic heterocycles. The normalized spacial score (nSPS) is 12.9. The van der Waals surface area contributed by atoms with Crippen LogP contribution in [0.25, 0.3) is 11.1 Å². The zero-order valence-corrected chi connectivity index (χ0v) is 15.1. The predicted molar refractivity (Wildman–Crippen MR) is 98.6 cm³/mol. The summed E-state index contributed by atoms with van der Waals surface area (Å²) >= 11 is 0. The van der Waals surface area contributed by atoms with Crippen LogP contribution in [0.4, 0.5) is 0 Å². The highest BCUT2D eigenvalue weighted by Gasteiger charge is 2.19. The van der Waals surface area contributed by atoms with Crippen LogP contribution in [-0.2, 0) is 23.5 Å². The van der Waals surface area contributed by atoms with E-state index in [-0.39, 0.29) is 10.9 Å². The number of benzene rings is 2. The highest BCUT2D eigenvalue weighted by Crippen LogP contribution is 2.20. The van der Waals surface area contributed by atoms with E-state index < -0.39 is 10.0 Å². The molecule has 0 saturated carbocycles. The fraction of sp³-hybridized carbons (Fsp3) is 0.211. The number of nitrogens with zero attached hydrogens (tertiary/aromatic N) is 2. The molecular weight excluding hydrogens is 334 g/mol. The zero-order valence-electron chi connectivity index (χ0n) is 14.3. The topological polar surface area (TPSA) is 64.0 Å². The lowest BCUT2D eigenvalue weighted by Gasteiger charge is -2.14. The summed E-state index contributed by atoms with van der Waals surface area (Å²) in [6.07, 6.45) is 3.46. The highest BCUT2D eigenvalue weighted by molar-refractivity contribution is 7.89. The predicted octanol–water partition coefficient (Wildman–Crippen LogP) is 3.00. The number of aromatic nitrogens is 2. The maximum absolute atomic E-state index is 12.3. The number of sulfonamides is 1. The smallest absolute Gasteiger partial charge is 0.243 e. The molecule has 6 heteroatoms. The largest absolute Gasteiger partial charge is 0.274 e. The quantitative estimate of drug-likeness (QED) is 0.739. The molecule has 0 unspecified atom stereocenters. The Morgan fingerprint density at radius 1 is 1.04 bits per heavy atom. The van der Waals surface area contributed by atoms with Crippen molar-refractivity contribution in [3.05, 3.63) is 72.6 Å². The second-order valence-electron chi connectivity index (χ2n) is 6.14. The highest BCUT2D eigenvalue weighted by atomic mass is 32.2. The zero-order chi connectivity index (χ0) is 17.9. The van der Waals surface area contributed by atoms with Crippen LogP contribution in [-0.4, -0.2) is 24.2 Å². The Hall–Kier alpha value is -2.44. The standard InChI is InChI=1S/C19H21N3O2S/c1-15(21-25(23,24)19-13-20-22(2)14-19)12-16-8-10-18(11-9-16)17-6-4-3-5-7-17/h3-11,13-15,21H,12H2,1-2H3/t15-/m1/s1. The van der Waals surface area contributed by atoms with Gasteiger partial charge in [-0.1, -0.05) is 54.6 Å². The first kappa shape index (κ1) is 17.4. The van der Waals surface area contributed by atoms with Crippen molar-refractivity contribution in [3.63, 3.8) is 0 Å². The monoisotopic (exact) mass is 355 g/mol. The van der Waals surface area contributed by atoms with Crippen molar-refractivity contribution >= 4 is 10.0 Å². The molecule has 0 bridgehead atoms. The Kier molecular flexibility index (Phi) is 5.01. The van der Waals surface area contributed by atoms with Crippen molar-refractivity contribution in [2.45, 2.75) is 24.3 Å². The summed E-state index contributed by atoms with van der Waals surface area (Å²) in [6.45, 7) is 1.86. The molecule has 25 heavy (non-hydrogen) atoms. The minimum atomic E-state index is -3.54. The first-order valence-electron chi connectivity index (χ1n) is 8.09. The van der Waals surface area contributed by atoms with Crippen molar-refractivity contribution in [3.8, 4) is 11.1 Å². The molecule has 3 aromatic rings. The SMILES string of the molecule is C[C@H](Cc1ccc(-c2ccccc2)cc1)NS(=O)(=O)c1cnn(C)c1. The third-order valence-electron chi connectivity index (χ3n) is 3.95. The van der Waals surface area contributed by atoms with Gasteiger partial charge in [0.1, 0.15) is 4.90 Å². The van der Waals surface area contributed by atoms with E-state index in [0.29, 0.717) is 6.42 Å². The van der Waals surface area contributed by atoms with E-state index in [9.17, 15) is 8.42 Å². The first-order valence-corrected chi connectivity index (χ1v) is 9.58. The van der Waals surface area contributed by atoms with Gasteiger partial charge in [0, 0.05) is 19.3 Å². The fourth-order valence-electron chi connectivity index (χ4n) is 2.73. The molecule has 130 valence electrons. The third kappa shape index (κ3) is 4.35. The number of nitrogens with one attached hydrogen (secondary N) is 1. The minimum absolute atomic E-state index is 0.182. The lowest BCUT2D eigenvalue weighted by atomic mass is 10.0. The summed E-state index contributed by atoms with van der Waals surface area (Å²) in [5.74, 6) is 0. The third-order valence-corrected chi connectivity index (χ3v) is 5.49. The Morgan fingerprint density at radius 2 is 1.68 bits per heavy atom. The van der Waals surface area contributed by atoms with Crippen molar-refractivity contribution in [2.24, 2.45) is 7.05 Å². The number of hydrogen-bond donors (Lipinski definition) is 1. The molecule has 3 rings (SSSR count). The molecule has 0 saturated heterocycles. The minimum Gasteiger partial charge on any atom is -0.274 e. The number of rotatable bonds is 6. The van der Waals surface area contributed by atoms with Crippen molar-refractivity contribution in [1.29, 1.82) is 0 Å². The maximum Gasteiger partial charge on any atom is 0.243 e. The summed E-state index contributed by atoms with van der Waals surface area (Å²) in [4.78, 5) is 0.182. The van der Waals surface area contributed by atoms with Crippen LogP contribution in [0.2, 0.25) is 0 Å². The summed E-state index contributed by atoms with van der Waals surface area (Å²) in [5.41, 5.74) is 3.40. The molecule has 2 aromatic carbocycles. The molecule has 0 radical (unpaired) electrons. The molecule has 5 nitrogen and oxygen atoms in total. The Balaban J connectivity index is 1.66. The van der Waals surface area contributed by atoms with Crippen LogP contribution >= 0.6 is 0 Å². The van der Waals surface area contributed by atoms with E-state index in [2.05, 4.69) is 34.1 Å². The van der Waals surface area contributed by atoms with E-state index in [4.69, 9.17) is 0 Å². The molecule has 1 atom stereocenters. The van der Waals surface area contributed by atoms with Crippen LogP contribution < -0.4 is 4.72 Å². The molecule has 1 N–H and O–H groups in total. The lowest BCUT2D eigenvalue weighted by molar-refractivity contribution is 0.559. The van der Waals surface area contributed by atoms with E-state index in [1.54, 1.807) is 7.05 Å². The van der Waals surface area contributed by atoms with Crippen LogP contribution in [0.3, 0.4) is 0 Å². The molecule has 0 amide bonds. The average Bonchev–Trinajstić information content (AvgIpc) is 3.03. The van der Waals surface area contributed by atoms with Gasteiger partial charge in [0.25, 0.3) is 0 Å². The van der Waals surface area contributed by atoms with Gasteiger partial charge in [-0.15, -0.1) is 0 Å². The average molecular weight is 355 g/mol. The number of hydrogen-bond acceptors (Lipinski definition) is 3. The molecular formula is C19H21N3O2S. The van der Waals surface area contributed by atoms with Crippen molar-refractivity contribution in [1.82, 2.24) is 14.5 Å². The second-order valence-corrected chi connectivity index (χ2v) is 7.85. The Labute approximate surface area is 148 Å². The first-order chi connectivity index (χ1) is 11.9. The van der Waals surface area contributed by atoms with Gasteiger partial charge in [-0.3, -0.25) is 4.68 Å². The van der Waals surface area contributed by atoms with Gasteiger partial charge >= 0.3 is 0 Å². The van der Waals surface area contributed by atoms with Crippen molar-refractivity contribution < 1.29 is 8.42 Å². The molecule has 1 aromatic heterocycles. The molecule has 0 spiro atoms. The molecule has 0 aliphatic rings. The fourth-order valence-corrected chi connectivity index (χ4v) is 3.96. The van der Waals surface area contributed by atoms with Gasteiger partial charge in [0.2, 0.25) is 10.0 Å².